The van der Waals surface area contributed by atoms with Crippen LogP contribution in [0, 0.1) is 6.92 Å². The zero-order chi connectivity index (χ0) is 22.5. The molecule has 8 nitrogen and oxygen atoms in total. The molecule has 0 atom stereocenters. The van der Waals surface area contributed by atoms with E-state index < -0.39 is 0 Å². The molecule has 2 aromatic heterocycles. The molecule has 4 aromatic rings. The molecule has 4 rings (SSSR count). The fourth-order valence-corrected chi connectivity index (χ4v) is 4.75. The number of ether oxygens (including phenoxy) is 1. The van der Waals surface area contributed by atoms with E-state index in [1.54, 1.807) is 6.07 Å². The number of anilines is 2. The SMILES string of the molecule is COc1cnc(NC(=O)CSc2nc3ccc(NC(=O)c4ccccc4C)cc3s2)nc1. The standard InChI is InChI=1S/C22H19N5O3S2/c1-13-5-3-4-6-16(13)20(29)25-14-7-8-17-18(9-14)32-22(26-17)31-12-19(28)27-21-23-10-15(30-2)11-24-21/h3-11H,12H2,1-2H3,(H,25,29)(H,23,24,27,28). The van der Waals surface area contributed by atoms with Gasteiger partial charge in [0.05, 0.1) is 35.5 Å². The molecule has 10 heteroatoms. The van der Waals surface area contributed by atoms with Crippen molar-refractivity contribution in [2.45, 2.75) is 11.3 Å². The number of nitrogens with zero attached hydrogens (tertiary/aromatic N) is 3. The highest BCUT2D eigenvalue weighted by atomic mass is 32.2. The summed E-state index contributed by atoms with van der Waals surface area (Å²) >= 11 is 2.79. The minimum Gasteiger partial charge on any atom is -0.494 e. The van der Waals surface area contributed by atoms with Crippen LogP contribution in [0.15, 0.2) is 59.2 Å². The average molecular weight is 466 g/mol. The summed E-state index contributed by atoms with van der Waals surface area (Å²) in [7, 11) is 1.52. The molecule has 0 aliphatic carbocycles. The number of fused-ring (bicyclic) bond motifs is 1. The van der Waals surface area contributed by atoms with Gasteiger partial charge in [0.2, 0.25) is 11.9 Å². The molecule has 0 fully saturated rings. The van der Waals surface area contributed by atoms with E-state index in [0.717, 1.165) is 20.1 Å². The number of aromatic nitrogens is 3. The summed E-state index contributed by atoms with van der Waals surface area (Å²) < 4.78 is 6.68. The third-order valence-corrected chi connectivity index (χ3v) is 6.62. The van der Waals surface area contributed by atoms with Crippen molar-refractivity contribution in [2.24, 2.45) is 0 Å². The summed E-state index contributed by atoms with van der Waals surface area (Å²) in [4.78, 5) is 37.3. The molecule has 0 saturated carbocycles. The van der Waals surface area contributed by atoms with Crippen LogP contribution in [0.2, 0.25) is 0 Å². The summed E-state index contributed by atoms with van der Waals surface area (Å²) in [5.74, 6) is 0.521. The lowest BCUT2D eigenvalue weighted by molar-refractivity contribution is -0.113. The van der Waals surface area contributed by atoms with Crippen LogP contribution in [0.5, 0.6) is 5.75 Å². The number of methoxy groups -OCH3 is 1. The summed E-state index contributed by atoms with van der Waals surface area (Å²) in [6.45, 7) is 1.90. The van der Waals surface area contributed by atoms with Gasteiger partial charge in [-0.3, -0.25) is 14.9 Å². The van der Waals surface area contributed by atoms with Crippen molar-refractivity contribution in [3.05, 3.63) is 66.0 Å². The Bertz CT molecular complexity index is 1270. The molecule has 0 aliphatic rings. The number of thioether (sulfide) groups is 1. The maximum Gasteiger partial charge on any atom is 0.255 e. The van der Waals surface area contributed by atoms with Gasteiger partial charge in [-0.05, 0) is 36.8 Å². The van der Waals surface area contributed by atoms with Gasteiger partial charge >= 0.3 is 0 Å². The number of carbonyl (C=O) groups excluding carboxylic acids is 2. The van der Waals surface area contributed by atoms with Crippen molar-refractivity contribution in [1.82, 2.24) is 15.0 Å². The smallest absolute Gasteiger partial charge is 0.255 e. The molecule has 2 amide bonds. The van der Waals surface area contributed by atoms with Gasteiger partial charge in [0.25, 0.3) is 5.91 Å². The zero-order valence-corrected chi connectivity index (χ0v) is 18.9. The summed E-state index contributed by atoms with van der Waals surface area (Å²) in [6.07, 6.45) is 2.97. The van der Waals surface area contributed by atoms with E-state index in [2.05, 4.69) is 25.6 Å². The molecule has 0 spiro atoms. The molecule has 0 bridgehead atoms. The fraction of sp³-hybridized carbons (Fsp3) is 0.136. The molecule has 32 heavy (non-hydrogen) atoms. The molecule has 0 saturated heterocycles. The predicted molar refractivity (Wildman–Crippen MR) is 127 cm³/mol. The highest BCUT2D eigenvalue weighted by molar-refractivity contribution is 8.01. The van der Waals surface area contributed by atoms with E-state index in [-0.39, 0.29) is 23.5 Å². The number of carbonyl (C=O) groups is 2. The molecular weight excluding hydrogens is 446 g/mol. The Morgan fingerprint density at radius 1 is 1.09 bits per heavy atom. The van der Waals surface area contributed by atoms with Crippen LogP contribution in [-0.4, -0.2) is 39.6 Å². The van der Waals surface area contributed by atoms with Crippen LogP contribution in [-0.2, 0) is 4.79 Å². The normalized spacial score (nSPS) is 10.7. The third-order valence-electron chi connectivity index (χ3n) is 4.46. The van der Waals surface area contributed by atoms with Crippen molar-refractivity contribution < 1.29 is 14.3 Å². The predicted octanol–water partition coefficient (Wildman–Crippen LogP) is 4.39. The van der Waals surface area contributed by atoms with Crippen molar-refractivity contribution in [1.29, 1.82) is 0 Å². The molecular formula is C22H19N5O3S2. The minimum absolute atomic E-state index is 0.154. The monoisotopic (exact) mass is 465 g/mol. The Morgan fingerprint density at radius 3 is 2.62 bits per heavy atom. The van der Waals surface area contributed by atoms with E-state index >= 15 is 0 Å². The lowest BCUT2D eigenvalue weighted by atomic mass is 10.1. The van der Waals surface area contributed by atoms with E-state index in [1.165, 1.54) is 42.6 Å². The van der Waals surface area contributed by atoms with E-state index in [0.29, 0.717) is 17.0 Å². The van der Waals surface area contributed by atoms with Gasteiger partial charge in [-0.1, -0.05) is 30.0 Å². The highest BCUT2D eigenvalue weighted by Gasteiger charge is 2.12. The molecule has 0 aliphatic heterocycles. The van der Waals surface area contributed by atoms with Crippen LogP contribution >= 0.6 is 23.1 Å². The summed E-state index contributed by atoms with van der Waals surface area (Å²) in [5.41, 5.74) is 3.06. The van der Waals surface area contributed by atoms with Gasteiger partial charge in [0.1, 0.15) is 0 Å². The molecule has 0 radical (unpaired) electrons. The molecule has 2 heterocycles. The second-order valence-corrected chi connectivity index (χ2v) is 8.97. The molecule has 162 valence electrons. The number of nitrogens with one attached hydrogen (secondary N) is 2. The number of hydrogen-bond donors (Lipinski definition) is 2. The Morgan fingerprint density at radius 2 is 1.88 bits per heavy atom. The summed E-state index contributed by atoms with van der Waals surface area (Å²) in [6, 6.07) is 13.0. The number of rotatable bonds is 7. The number of hydrogen-bond acceptors (Lipinski definition) is 8. The highest BCUT2D eigenvalue weighted by Crippen LogP contribution is 2.31. The second-order valence-electron chi connectivity index (χ2n) is 6.71. The van der Waals surface area contributed by atoms with Crippen molar-refractivity contribution in [2.75, 3.05) is 23.5 Å². The van der Waals surface area contributed by atoms with E-state index in [9.17, 15) is 9.59 Å². The van der Waals surface area contributed by atoms with E-state index in [1.807, 2.05) is 43.3 Å². The van der Waals surface area contributed by atoms with Gasteiger partial charge < -0.3 is 10.1 Å². The first kappa shape index (κ1) is 21.7. The van der Waals surface area contributed by atoms with Gasteiger partial charge in [0, 0.05) is 11.3 Å². The molecule has 2 N–H and O–H groups in total. The summed E-state index contributed by atoms with van der Waals surface area (Å²) in [5, 5.41) is 5.57. The van der Waals surface area contributed by atoms with Crippen LogP contribution in [0.3, 0.4) is 0 Å². The van der Waals surface area contributed by atoms with Gasteiger partial charge in [-0.15, -0.1) is 11.3 Å². The first-order valence-corrected chi connectivity index (χ1v) is 11.4. The maximum absolute atomic E-state index is 12.6. The third kappa shape index (κ3) is 5.21. The van der Waals surface area contributed by atoms with Gasteiger partial charge in [0.15, 0.2) is 10.1 Å². The Balaban J connectivity index is 1.37. The van der Waals surface area contributed by atoms with Crippen LogP contribution in [0.1, 0.15) is 15.9 Å². The van der Waals surface area contributed by atoms with Crippen molar-refractivity contribution in [3.63, 3.8) is 0 Å². The fourth-order valence-electron chi connectivity index (χ4n) is 2.84. The number of aryl methyl sites for hydroxylation is 1. The quantitative estimate of drug-likeness (QED) is 0.390. The van der Waals surface area contributed by atoms with Crippen LogP contribution in [0.25, 0.3) is 10.2 Å². The van der Waals surface area contributed by atoms with Crippen LogP contribution in [0.4, 0.5) is 11.6 Å². The number of benzene rings is 2. The second kappa shape index (κ2) is 9.75. The average Bonchev–Trinajstić information content (AvgIpc) is 3.21. The molecule has 2 aromatic carbocycles. The topological polar surface area (TPSA) is 106 Å². The number of amides is 2. The van der Waals surface area contributed by atoms with Crippen molar-refractivity contribution in [3.8, 4) is 5.75 Å². The van der Waals surface area contributed by atoms with E-state index in [4.69, 9.17) is 4.74 Å². The minimum atomic E-state index is -0.231. The van der Waals surface area contributed by atoms with Crippen LogP contribution < -0.4 is 15.4 Å². The van der Waals surface area contributed by atoms with Crippen molar-refractivity contribution >= 4 is 56.8 Å². The lowest BCUT2D eigenvalue weighted by Gasteiger charge is -2.07. The maximum atomic E-state index is 12.6. The largest absolute Gasteiger partial charge is 0.494 e. The molecule has 0 unspecified atom stereocenters. The number of thiazole rings is 1. The zero-order valence-electron chi connectivity index (χ0n) is 17.3. The first-order chi connectivity index (χ1) is 15.5. The Kier molecular flexibility index (Phi) is 6.62. The van der Waals surface area contributed by atoms with Gasteiger partial charge in [-0.2, -0.15) is 0 Å². The van der Waals surface area contributed by atoms with Gasteiger partial charge in [-0.25, -0.2) is 15.0 Å². The first-order valence-electron chi connectivity index (χ1n) is 9.58. The Labute approximate surface area is 192 Å². The lowest BCUT2D eigenvalue weighted by Crippen LogP contribution is -2.15. The Hall–Kier alpha value is -3.50.